The van der Waals surface area contributed by atoms with Crippen LogP contribution in [0.2, 0.25) is 0 Å². The summed E-state index contributed by atoms with van der Waals surface area (Å²) in [5.74, 6) is -0.986. The van der Waals surface area contributed by atoms with E-state index in [1.165, 1.54) is 21.0 Å². The number of carboxylic acids is 1. The Balaban J connectivity index is 1.59. The molecule has 1 N–H and O–H groups in total. The van der Waals surface area contributed by atoms with Crippen LogP contribution in [-0.2, 0) is 21.4 Å². The van der Waals surface area contributed by atoms with Crippen LogP contribution in [0.1, 0.15) is 31.7 Å². The average molecular weight is 461 g/mol. The van der Waals surface area contributed by atoms with Crippen molar-refractivity contribution in [2.24, 2.45) is 0 Å². The first-order valence-electron chi connectivity index (χ1n) is 10.4. The molecule has 2 heterocycles. The third kappa shape index (κ3) is 4.35. The summed E-state index contributed by atoms with van der Waals surface area (Å²) in [6.07, 6.45) is 2.29. The normalized spacial score (nSPS) is 17.3. The lowest BCUT2D eigenvalue weighted by molar-refractivity contribution is -0.137. The highest BCUT2D eigenvalue weighted by Crippen LogP contribution is 2.36. The van der Waals surface area contributed by atoms with Gasteiger partial charge in [-0.2, -0.15) is 4.31 Å². The van der Waals surface area contributed by atoms with Crippen LogP contribution >= 0.6 is 0 Å². The van der Waals surface area contributed by atoms with Gasteiger partial charge in [-0.05, 0) is 68.3 Å². The predicted molar refractivity (Wildman–Crippen MR) is 118 cm³/mol. The molecule has 2 aromatic carbocycles. The highest BCUT2D eigenvalue weighted by atomic mass is 32.2. The molecule has 1 aliphatic rings. The number of aliphatic carboxylic acids is 1. The van der Waals surface area contributed by atoms with E-state index in [2.05, 4.69) is 0 Å². The van der Waals surface area contributed by atoms with E-state index < -0.39 is 21.8 Å². The van der Waals surface area contributed by atoms with E-state index >= 15 is 0 Å². The molecule has 1 atom stereocenters. The molecular weight excluding hydrogens is 435 g/mol. The van der Waals surface area contributed by atoms with Gasteiger partial charge in [-0.1, -0.05) is 0 Å². The summed E-state index contributed by atoms with van der Waals surface area (Å²) in [6.45, 7) is 4.13. The van der Waals surface area contributed by atoms with Gasteiger partial charge in [0.05, 0.1) is 16.5 Å². The summed E-state index contributed by atoms with van der Waals surface area (Å²) in [7, 11) is -3.68. The molecule has 7 nitrogen and oxygen atoms in total. The quantitative estimate of drug-likeness (QED) is 0.579. The maximum absolute atomic E-state index is 13.8. The molecule has 0 bridgehead atoms. The predicted octanol–water partition coefficient (Wildman–Crippen LogP) is 3.83. The lowest BCUT2D eigenvalue weighted by Gasteiger charge is -2.17. The zero-order valence-electron chi connectivity index (χ0n) is 17.9. The summed E-state index contributed by atoms with van der Waals surface area (Å²) < 4.78 is 48.6. The van der Waals surface area contributed by atoms with Gasteiger partial charge in [0, 0.05) is 30.6 Å². The van der Waals surface area contributed by atoms with E-state index in [9.17, 15) is 22.7 Å². The zero-order valence-corrected chi connectivity index (χ0v) is 18.7. The Bertz CT molecular complexity index is 1250. The third-order valence-corrected chi connectivity index (χ3v) is 7.48. The Morgan fingerprint density at radius 1 is 1.22 bits per heavy atom. The van der Waals surface area contributed by atoms with Gasteiger partial charge in [-0.25, -0.2) is 12.8 Å². The van der Waals surface area contributed by atoms with Crippen molar-refractivity contribution in [3.05, 3.63) is 60.0 Å². The number of halogens is 1. The van der Waals surface area contributed by atoms with Gasteiger partial charge in [-0.3, -0.25) is 4.79 Å². The van der Waals surface area contributed by atoms with Crippen molar-refractivity contribution < 1.29 is 27.4 Å². The van der Waals surface area contributed by atoms with Gasteiger partial charge in [0.1, 0.15) is 18.1 Å². The SMILES string of the molecule is CC(C)Oc1ccc(S(=O)(=O)N2CCC(c3cn(CC(=O)O)c4cc(F)ccc34)C2)cc1. The molecule has 9 heteroatoms. The van der Waals surface area contributed by atoms with Crippen molar-refractivity contribution in [1.82, 2.24) is 8.87 Å². The molecule has 1 aromatic heterocycles. The standard InChI is InChI=1S/C23H25FN2O5S/c1-15(2)31-18-4-6-19(7-5-18)32(29,30)26-10-9-16(12-26)21-13-25(14-23(27)28)22-11-17(24)3-8-20(21)22/h3-8,11,13,15-16H,9-10,12,14H2,1-2H3,(H,27,28). The summed E-state index contributed by atoms with van der Waals surface area (Å²) in [4.78, 5) is 11.4. The number of benzene rings is 2. The number of carbonyl (C=O) groups is 1. The van der Waals surface area contributed by atoms with Crippen LogP contribution in [0.15, 0.2) is 53.6 Å². The zero-order chi connectivity index (χ0) is 23.0. The number of carboxylic acid groups (broad SMARTS) is 1. The molecule has 0 saturated carbocycles. The summed E-state index contributed by atoms with van der Waals surface area (Å²) in [6, 6.07) is 10.7. The first kappa shape index (κ1) is 22.3. The molecule has 1 saturated heterocycles. The van der Waals surface area contributed by atoms with Crippen LogP contribution in [0.3, 0.4) is 0 Å². The van der Waals surface area contributed by atoms with Crippen LogP contribution in [0.4, 0.5) is 4.39 Å². The molecule has 1 fully saturated rings. The molecule has 32 heavy (non-hydrogen) atoms. The van der Waals surface area contributed by atoms with E-state index in [-0.39, 0.29) is 30.0 Å². The first-order chi connectivity index (χ1) is 15.1. The summed E-state index contributed by atoms with van der Waals surface area (Å²) >= 11 is 0. The monoisotopic (exact) mass is 460 g/mol. The maximum Gasteiger partial charge on any atom is 0.323 e. The topological polar surface area (TPSA) is 88.8 Å². The molecule has 0 radical (unpaired) electrons. The molecule has 1 unspecified atom stereocenters. The molecule has 0 amide bonds. The third-order valence-electron chi connectivity index (χ3n) is 5.60. The minimum Gasteiger partial charge on any atom is -0.491 e. The minimum atomic E-state index is -3.68. The highest BCUT2D eigenvalue weighted by Gasteiger charge is 2.34. The van der Waals surface area contributed by atoms with Crippen molar-refractivity contribution >= 4 is 26.9 Å². The Hall–Kier alpha value is -2.91. The Labute approximate surface area is 186 Å². The molecule has 3 aromatic rings. The van der Waals surface area contributed by atoms with E-state index in [4.69, 9.17) is 4.74 Å². The largest absolute Gasteiger partial charge is 0.491 e. The smallest absolute Gasteiger partial charge is 0.323 e. The molecule has 0 aliphatic carbocycles. The van der Waals surface area contributed by atoms with Crippen LogP contribution < -0.4 is 4.74 Å². The van der Waals surface area contributed by atoms with Gasteiger partial charge in [0.2, 0.25) is 10.0 Å². The summed E-state index contributed by atoms with van der Waals surface area (Å²) in [5.41, 5.74) is 1.32. The van der Waals surface area contributed by atoms with Crippen LogP contribution in [0, 0.1) is 5.82 Å². The molecule has 0 spiro atoms. The number of fused-ring (bicyclic) bond motifs is 1. The maximum atomic E-state index is 13.8. The van der Waals surface area contributed by atoms with Crippen molar-refractivity contribution in [3.63, 3.8) is 0 Å². The Morgan fingerprint density at radius 3 is 2.59 bits per heavy atom. The van der Waals surface area contributed by atoms with E-state index in [1.807, 2.05) is 13.8 Å². The van der Waals surface area contributed by atoms with Crippen molar-refractivity contribution in [3.8, 4) is 5.75 Å². The number of hydrogen-bond acceptors (Lipinski definition) is 4. The number of hydrogen-bond donors (Lipinski definition) is 1. The van der Waals surface area contributed by atoms with Gasteiger partial charge in [-0.15, -0.1) is 0 Å². The van der Waals surface area contributed by atoms with Crippen molar-refractivity contribution in [1.29, 1.82) is 0 Å². The van der Waals surface area contributed by atoms with Crippen LogP contribution in [-0.4, -0.2) is 47.6 Å². The van der Waals surface area contributed by atoms with E-state index in [0.717, 1.165) is 10.9 Å². The number of sulfonamides is 1. The second-order valence-corrected chi connectivity index (χ2v) is 10.2. The van der Waals surface area contributed by atoms with E-state index in [1.54, 1.807) is 36.5 Å². The fourth-order valence-corrected chi connectivity index (χ4v) is 5.71. The second-order valence-electron chi connectivity index (χ2n) is 8.25. The fourth-order valence-electron chi connectivity index (χ4n) is 4.21. The van der Waals surface area contributed by atoms with Crippen molar-refractivity contribution in [2.45, 2.75) is 43.7 Å². The first-order valence-corrected chi connectivity index (χ1v) is 11.9. The number of ether oxygens (including phenoxy) is 1. The van der Waals surface area contributed by atoms with Crippen LogP contribution in [0.25, 0.3) is 10.9 Å². The number of aromatic nitrogens is 1. The van der Waals surface area contributed by atoms with Gasteiger partial charge in [0.15, 0.2) is 0 Å². The van der Waals surface area contributed by atoms with Gasteiger partial charge in [0.25, 0.3) is 0 Å². The fraction of sp³-hybridized carbons (Fsp3) is 0.348. The van der Waals surface area contributed by atoms with Crippen LogP contribution in [0.5, 0.6) is 5.75 Å². The molecular formula is C23H25FN2O5S. The Kier molecular flexibility index (Phi) is 5.96. The number of nitrogens with zero attached hydrogens (tertiary/aromatic N) is 2. The lowest BCUT2D eigenvalue weighted by atomic mass is 9.98. The van der Waals surface area contributed by atoms with E-state index in [0.29, 0.717) is 24.2 Å². The highest BCUT2D eigenvalue weighted by molar-refractivity contribution is 7.89. The molecule has 1 aliphatic heterocycles. The lowest BCUT2D eigenvalue weighted by Crippen LogP contribution is -2.28. The number of rotatable bonds is 7. The second kappa shape index (κ2) is 8.55. The van der Waals surface area contributed by atoms with Gasteiger partial charge >= 0.3 is 5.97 Å². The molecule has 170 valence electrons. The Morgan fingerprint density at radius 2 is 1.94 bits per heavy atom. The average Bonchev–Trinajstić information content (AvgIpc) is 3.33. The molecule has 4 rings (SSSR count). The van der Waals surface area contributed by atoms with Crippen molar-refractivity contribution in [2.75, 3.05) is 13.1 Å². The minimum absolute atomic E-state index is 0.00599. The van der Waals surface area contributed by atoms with Gasteiger partial charge < -0.3 is 14.4 Å². The summed E-state index contributed by atoms with van der Waals surface area (Å²) in [5, 5.41) is 9.94.